The minimum Gasteiger partial charge on any atom is -0.378 e. The van der Waals surface area contributed by atoms with Crippen LogP contribution in [0.3, 0.4) is 0 Å². The molecule has 0 spiro atoms. The first-order chi connectivity index (χ1) is 12.3. The van der Waals surface area contributed by atoms with Crippen molar-refractivity contribution in [3.63, 3.8) is 0 Å². The van der Waals surface area contributed by atoms with E-state index in [9.17, 15) is 4.79 Å². The number of morpholine rings is 1. The largest absolute Gasteiger partial charge is 0.378 e. The molecule has 0 bridgehead atoms. The normalized spacial score (nSPS) is 20.9. The molecular weight excluding hydrogens is 316 g/mol. The molecule has 4 rings (SSSR count). The second-order valence-electron chi connectivity index (χ2n) is 6.71. The van der Waals surface area contributed by atoms with Gasteiger partial charge in [-0.3, -0.25) is 9.78 Å². The number of anilines is 2. The maximum absolute atomic E-state index is 12.2. The summed E-state index contributed by atoms with van der Waals surface area (Å²) in [6, 6.07) is 12.5. The third kappa shape index (κ3) is 3.69. The number of nitrogens with zero attached hydrogens (tertiary/aromatic N) is 3. The van der Waals surface area contributed by atoms with Crippen molar-refractivity contribution in [3.05, 3.63) is 52.3 Å². The Morgan fingerprint density at radius 2 is 1.96 bits per heavy atom. The highest BCUT2D eigenvalue weighted by Crippen LogP contribution is 2.26. The molecule has 2 saturated heterocycles. The quantitative estimate of drug-likeness (QED) is 0.920. The van der Waals surface area contributed by atoms with Gasteiger partial charge in [0.25, 0.3) is 5.56 Å². The number of aromatic nitrogens is 2. The van der Waals surface area contributed by atoms with Crippen LogP contribution in [0, 0.1) is 0 Å². The molecule has 6 nitrogen and oxygen atoms in total. The molecule has 0 saturated carbocycles. The van der Waals surface area contributed by atoms with Gasteiger partial charge in [-0.15, -0.1) is 0 Å². The van der Waals surface area contributed by atoms with E-state index in [2.05, 4.69) is 39.0 Å². The van der Waals surface area contributed by atoms with Gasteiger partial charge in [-0.05, 0) is 24.8 Å². The molecule has 0 amide bonds. The van der Waals surface area contributed by atoms with Crippen LogP contribution in [0.15, 0.2) is 41.2 Å². The van der Waals surface area contributed by atoms with Gasteiger partial charge in [-0.1, -0.05) is 30.3 Å². The van der Waals surface area contributed by atoms with Gasteiger partial charge >= 0.3 is 0 Å². The fraction of sp³-hybridized carbons (Fsp3) is 0.474. The van der Waals surface area contributed by atoms with Gasteiger partial charge in [0.15, 0.2) is 0 Å². The van der Waals surface area contributed by atoms with Crippen LogP contribution in [-0.2, 0) is 11.2 Å². The Bertz CT molecular complexity index is 756. The van der Waals surface area contributed by atoms with Crippen LogP contribution in [0.1, 0.15) is 18.4 Å². The lowest BCUT2D eigenvalue weighted by Gasteiger charge is -2.30. The first-order valence-corrected chi connectivity index (χ1v) is 9.04. The molecule has 2 fully saturated rings. The van der Waals surface area contributed by atoms with Gasteiger partial charge in [-0.25, -0.2) is 0 Å². The van der Waals surface area contributed by atoms with Crippen LogP contribution in [0.4, 0.5) is 11.8 Å². The average Bonchev–Trinajstić information content (AvgIpc) is 3.11. The zero-order valence-electron chi connectivity index (χ0n) is 14.4. The summed E-state index contributed by atoms with van der Waals surface area (Å²) >= 11 is 0. The van der Waals surface area contributed by atoms with Crippen molar-refractivity contribution in [1.29, 1.82) is 0 Å². The molecule has 2 aliphatic rings. The standard InChI is InChI=1S/C19H24N4O2/c24-18-14-17(22-9-11-25-12-10-22)20-19(21-18)23-8-4-7-16(23)13-15-5-2-1-3-6-15/h1-3,5-6,14,16H,4,7-13H2,(H,20,21,24). The lowest BCUT2D eigenvalue weighted by molar-refractivity contribution is 0.122. The summed E-state index contributed by atoms with van der Waals surface area (Å²) in [4.78, 5) is 24.3. The van der Waals surface area contributed by atoms with Crippen LogP contribution in [-0.4, -0.2) is 48.9 Å². The summed E-state index contributed by atoms with van der Waals surface area (Å²) in [6.45, 7) is 3.87. The number of nitrogens with one attached hydrogen (secondary N) is 1. The van der Waals surface area contributed by atoms with Crippen LogP contribution in [0.25, 0.3) is 0 Å². The molecule has 1 aromatic carbocycles. The van der Waals surface area contributed by atoms with E-state index in [1.165, 1.54) is 5.56 Å². The molecule has 25 heavy (non-hydrogen) atoms. The van der Waals surface area contributed by atoms with Crippen molar-refractivity contribution in [1.82, 2.24) is 9.97 Å². The van der Waals surface area contributed by atoms with Crippen molar-refractivity contribution in [2.45, 2.75) is 25.3 Å². The summed E-state index contributed by atoms with van der Waals surface area (Å²) in [5.74, 6) is 1.46. The highest BCUT2D eigenvalue weighted by atomic mass is 16.5. The average molecular weight is 340 g/mol. The van der Waals surface area contributed by atoms with E-state index in [0.717, 1.165) is 44.7 Å². The second-order valence-corrected chi connectivity index (χ2v) is 6.71. The summed E-state index contributed by atoms with van der Waals surface area (Å²) in [5, 5.41) is 0. The first kappa shape index (κ1) is 16.1. The third-order valence-corrected chi connectivity index (χ3v) is 5.01. The van der Waals surface area contributed by atoms with E-state index in [4.69, 9.17) is 9.72 Å². The minimum absolute atomic E-state index is 0.0862. The molecule has 0 radical (unpaired) electrons. The van der Waals surface area contributed by atoms with Crippen LogP contribution >= 0.6 is 0 Å². The molecule has 0 aliphatic carbocycles. The number of rotatable bonds is 4. The van der Waals surface area contributed by atoms with Gasteiger partial charge in [0.2, 0.25) is 5.95 Å². The zero-order chi connectivity index (χ0) is 17.1. The van der Waals surface area contributed by atoms with Crippen molar-refractivity contribution >= 4 is 11.8 Å². The van der Waals surface area contributed by atoms with E-state index < -0.39 is 0 Å². The van der Waals surface area contributed by atoms with Gasteiger partial charge in [0.1, 0.15) is 5.82 Å². The SMILES string of the molecule is O=c1cc(N2CCOCC2)nc(N2CCCC2Cc2ccccc2)[nH]1. The predicted octanol–water partition coefficient (Wildman–Crippen LogP) is 1.82. The summed E-state index contributed by atoms with van der Waals surface area (Å²) in [6.07, 6.45) is 3.23. The zero-order valence-corrected chi connectivity index (χ0v) is 14.4. The fourth-order valence-electron chi connectivity index (χ4n) is 3.74. The van der Waals surface area contributed by atoms with Crippen LogP contribution < -0.4 is 15.4 Å². The van der Waals surface area contributed by atoms with Gasteiger partial charge < -0.3 is 14.5 Å². The van der Waals surface area contributed by atoms with Gasteiger partial charge in [-0.2, -0.15) is 4.98 Å². The number of H-pyrrole nitrogens is 1. The Hall–Kier alpha value is -2.34. The van der Waals surface area contributed by atoms with Crippen molar-refractivity contribution in [2.24, 2.45) is 0 Å². The number of hydrogen-bond acceptors (Lipinski definition) is 5. The molecule has 1 atom stereocenters. The minimum atomic E-state index is -0.0862. The number of hydrogen-bond donors (Lipinski definition) is 1. The van der Waals surface area contributed by atoms with E-state index in [-0.39, 0.29) is 5.56 Å². The molecule has 6 heteroatoms. The molecule has 1 unspecified atom stereocenters. The monoisotopic (exact) mass is 340 g/mol. The molecule has 1 aromatic heterocycles. The van der Waals surface area contributed by atoms with Crippen LogP contribution in [0.5, 0.6) is 0 Å². The first-order valence-electron chi connectivity index (χ1n) is 9.04. The predicted molar refractivity (Wildman–Crippen MR) is 98.4 cm³/mol. The highest BCUT2D eigenvalue weighted by molar-refractivity contribution is 5.45. The third-order valence-electron chi connectivity index (χ3n) is 5.01. The van der Waals surface area contributed by atoms with E-state index >= 15 is 0 Å². The van der Waals surface area contributed by atoms with E-state index in [0.29, 0.717) is 25.2 Å². The topological polar surface area (TPSA) is 61.5 Å². The molecule has 132 valence electrons. The van der Waals surface area contributed by atoms with Gasteiger partial charge in [0.05, 0.1) is 13.2 Å². The Kier molecular flexibility index (Phi) is 4.70. The molecule has 2 aromatic rings. The highest BCUT2D eigenvalue weighted by Gasteiger charge is 2.27. The van der Waals surface area contributed by atoms with Crippen molar-refractivity contribution in [3.8, 4) is 0 Å². The maximum atomic E-state index is 12.2. The fourth-order valence-corrected chi connectivity index (χ4v) is 3.74. The smallest absolute Gasteiger partial charge is 0.254 e. The Labute approximate surface area is 147 Å². The maximum Gasteiger partial charge on any atom is 0.254 e. The van der Waals surface area contributed by atoms with E-state index in [1.54, 1.807) is 6.07 Å². The van der Waals surface area contributed by atoms with Crippen molar-refractivity contribution in [2.75, 3.05) is 42.6 Å². The summed E-state index contributed by atoms with van der Waals surface area (Å²) in [5.41, 5.74) is 1.24. The second kappa shape index (κ2) is 7.27. The summed E-state index contributed by atoms with van der Waals surface area (Å²) < 4.78 is 5.40. The summed E-state index contributed by atoms with van der Waals surface area (Å²) in [7, 11) is 0. The number of aromatic amines is 1. The Balaban J connectivity index is 1.57. The van der Waals surface area contributed by atoms with Gasteiger partial charge in [0, 0.05) is 31.7 Å². The lowest BCUT2D eigenvalue weighted by Crippen LogP contribution is -2.39. The Morgan fingerprint density at radius 3 is 2.76 bits per heavy atom. The number of ether oxygens (including phenoxy) is 1. The molecule has 2 aliphatic heterocycles. The molecule has 3 heterocycles. The van der Waals surface area contributed by atoms with Crippen LogP contribution in [0.2, 0.25) is 0 Å². The lowest BCUT2D eigenvalue weighted by atomic mass is 10.0. The number of benzene rings is 1. The Morgan fingerprint density at radius 1 is 1.16 bits per heavy atom. The van der Waals surface area contributed by atoms with E-state index in [1.807, 2.05) is 6.07 Å². The molecular formula is C19H24N4O2. The molecule has 1 N–H and O–H groups in total. The van der Waals surface area contributed by atoms with Crippen molar-refractivity contribution < 1.29 is 4.74 Å².